The van der Waals surface area contributed by atoms with E-state index in [0.717, 1.165) is 43.1 Å². The number of hydrogen-bond donors (Lipinski definition) is 0. The lowest BCUT2D eigenvalue weighted by atomic mass is 10.0. The summed E-state index contributed by atoms with van der Waals surface area (Å²) >= 11 is 0. The maximum atomic E-state index is 15.0. The van der Waals surface area contributed by atoms with E-state index >= 15 is 4.79 Å². The molecule has 0 spiro atoms. The smallest absolute Gasteiger partial charge is 0.497 e. The molecule has 0 heterocycles. The molecule has 8 nitrogen and oxygen atoms in total. The number of ether oxygens (including phenoxy) is 1. The van der Waals surface area contributed by atoms with Crippen molar-refractivity contribution in [3.8, 4) is 40.2 Å². The van der Waals surface area contributed by atoms with E-state index in [9.17, 15) is 0 Å². The molecule has 0 aliphatic carbocycles. The van der Waals surface area contributed by atoms with Gasteiger partial charge in [-0.2, -0.15) is 0 Å². The molecule has 0 aromatic heterocycles. The van der Waals surface area contributed by atoms with E-state index in [2.05, 4.69) is 0 Å². The third-order valence-electron chi connectivity index (χ3n) is 10.6. The van der Waals surface area contributed by atoms with Gasteiger partial charge in [0.25, 0.3) is 0 Å². The van der Waals surface area contributed by atoms with Gasteiger partial charge in [-0.05, 0) is 70.1 Å². The highest BCUT2D eigenvalue weighted by atomic mass is 31.2. The van der Waals surface area contributed by atoms with E-state index in [1.54, 1.807) is 49.6 Å². The van der Waals surface area contributed by atoms with Gasteiger partial charge in [0.1, 0.15) is 40.2 Å². The number of para-hydroxylation sites is 1. The van der Waals surface area contributed by atoms with Gasteiger partial charge in [0.15, 0.2) is 0 Å². The van der Waals surface area contributed by atoms with Gasteiger partial charge in [-0.1, -0.05) is 158 Å². The van der Waals surface area contributed by atoms with Crippen LogP contribution in [-0.4, -0.2) is 12.9 Å². The number of hydrogen-bond acceptors (Lipinski definition) is 8. The van der Waals surface area contributed by atoms with Crippen LogP contribution in [0.1, 0.15) is 15.9 Å². The first-order valence-electron chi connectivity index (χ1n) is 20.5. The molecule has 10 rings (SSSR count). The van der Waals surface area contributed by atoms with Crippen LogP contribution in [0.15, 0.2) is 212 Å². The van der Waals surface area contributed by atoms with Crippen molar-refractivity contribution in [2.75, 3.05) is 7.11 Å². The second-order valence-corrected chi connectivity index (χ2v) is 16.6. The number of fused-ring (bicyclic) bond motifs is 4. The molecule has 0 saturated heterocycles. The van der Waals surface area contributed by atoms with Gasteiger partial charge in [-0.15, -0.1) is 0 Å². The fourth-order valence-corrected chi connectivity index (χ4v) is 9.60. The number of ketones is 1. The van der Waals surface area contributed by atoms with E-state index in [1.165, 1.54) is 0 Å². The zero-order valence-corrected chi connectivity index (χ0v) is 36.2. The molecule has 10 aromatic carbocycles. The Labute approximate surface area is 372 Å². The number of rotatable bonds is 15. The normalized spacial score (nSPS) is 11.2. The summed E-state index contributed by atoms with van der Waals surface area (Å²) in [4.78, 5) is 15.0. The molecule has 0 bridgehead atoms. The molecular formula is C54H38O8P2. The molecule has 0 unspecified atom stereocenters. The molecule has 312 valence electrons. The quantitative estimate of drug-likeness (QED) is 0.0744. The molecule has 0 amide bonds. The molecular weight excluding hydrogens is 839 g/mol. The second-order valence-electron chi connectivity index (χ2n) is 14.6. The van der Waals surface area contributed by atoms with E-state index in [-0.39, 0.29) is 28.4 Å². The average molecular weight is 877 g/mol. The highest BCUT2D eigenvalue weighted by Gasteiger charge is 2.29. The van der Waals surface area contributed by atoms with Crippen molar-refractivity contribution in [3.05, 3.63) is 223 Å². The topological polar surface area (TPSA) is 81.7 Å². The van der Waals surface area contributed by atoms with Crippen molar-refractivity contribution in [2.24, 2.45) is 0 Å². The molecule has 0 fully saturated rings. The predicted octanol–water partition coefficient (Wildman–Crippen LogP) is 15.1. The summed E-state index contributed by atoms with van der Waals surface area (Å²) in [6.07, 6.45) is 0. The Morgan fingerprint density at radius 1 is 0.328 bits per heavy atom. The second kappa shape index (κ2) is 18.4. The van der Waals surface area contributed by atoms with E-state index in [0.29, 0.717) is 28.7 Å². The maximum Gasteiger partial charge on any atom is 0.530 e. The molecule has 0 atom stereocenters. The van der Waals surface area contributed by atoms with Gasteiger partial charge < -0.3 is 31.9 Å². The zero-order valence-electron chi connectivity index (χ0n) is 34.4. The lowest BCUT2D eigenvalue weighted by Crippen LogP contribution is -2.10. The largest absolute Gasteiger partial charge is 0.530 e. The van der Waals surface area contributed by atoms with Crippen LogP contribution in [0.25, 0.3) is 43.1 Å². The van der Waals surface area contributed by atoms with Gasteiger partial charge in [0, 0.05) is 27.6 Å². The van der Waals surface area contributed by atoms with Crippen molar-refractivity contribution in [1.82, 2.24) is 0 Å². The summed E-state index contributed by atoms with van der Waals surface area (Å²) < 4.78 is 45.7. The Morgan fingerprint density at radius 2 is 0.641 bits per heavy atom. The molecule has 10 heteroatoms. The van der Waals surface area contributed by atoms with Crippen LogP contribution in [0.2, 0.25) is 0 Å². The third-order valence-corrected chi connectivity index (χ3v) is 12.7. The van der Waals surface area contributed by atoms with Gasteiger partial charge in [0.2, 0.25) is 5.78 Å². The first-order valence-corrected chi connectivity index (χ1v) is 22.7. The van der Waals surface area contributed by atoms with Gasteiger partial charge in [-0.25, -0.2) is 0 Å². The third kappa shape index (κ3) is 8.58. The summed E-state index contributed by atoms with van der Waals surface area (Å²) in [7, 11) is -2.89. The SMILES string of the molecule is COc1ccc(C(=O)c2ccccc2OP(Oc2cccc3ccccc23)Oc2cccc3ccccc23)c(OP(Oc2cccc3ccccc23)Oc2cccc3ccccc23)c1. The van der Waals surface area contributed by atoms with Crippen LogP contribution < -0.4 is 31.9 Å². The first-order chi connectivity index (χ1) is 31.6. The Morgan fingerprint density at radius 3 is 1.06 bits per heavy atom. The van der Waals surface area contributed by atoms with Gasteiger partial charge in [-0.3, -0.25) is 4.79 Å². The molecule has 0 radical (unpaired) electrons. The van der Waals surface area contributed by atoms with Crippen LogP contribution in [0.5, 0.6) is 40.2 Å². The molecule has 0 saturated carbocycles. The molecule has 64 heavy (non-hydrogen) atoms. The van der Waals surface area contributed by atoms with Crippen LogP contribution in [0.3, 0.4) is 0 Å². The molecule has 0 aliphatic heterocycles. The number of benzene rings is 10. The van der Waals surface area contributed by atoms with E-state index in [1.807, 2.05) is 170 Å². The minimum absolute atomic E-state index is 0.187. The van der Waals surface area contributed by atoms with Crippen LogP contribution >= 0.6 is 17.2 Å². The summed E-state index contributed by atoms with van der Waals surface area (Å²) in [5, 5.41) is 7.51. The van der Waals surface area contributed by atoms with Crippen molar-refractivity contribution < 1.29 is 36.7 Å². The predicted molar refractivity (Wildman–Crippen MR) is 256 cm³/mol. The Balaban J connectivity index is 1.02. The number of carbonyl (C=O) groups is 1. The monoisotopic (exact) mass is 876 g/mol. The summed E-state index contributed by atoms with van der Waals surface area (Å²) in [5.74, 6) is 2.79. The van der Waals surface area contributed by atoms with Crippen LogP contribution in [-0.2, 0) is 0 Å². The number of carbonyl (C=O) groups excluding carboxylic acids is 1. The average Bonchev–Trinajstić information content (AvgIpc) is 3.34. The van der Waals surface area contributed by atoms with Crippen molar-refractivity contribution in [2.45, 2.75) is 0 Å². The van der Waals surface area contributed by atoms with Gasteiger partial charge >= 0.3 is 17.2 Å². The summed E-state index contributed by atoms with van der Waals surface area (Å²) in [6, 6.07) is 67.0. The van der Waals surface area contributed by atoms with E-state index in [4.69, 9.17) is 31.9 Å². The van der Waals surface area contributed by atoms with Crippen molar-refractivity contribution in [1.29, 1.82) is 0 Å². The fraction of sp³-hybridized carbons (Fsp3) is 0.0185. The summed E-state index contributed by atoms with van der Waals surface area (Å²) in [5.41, 5.74) is 0.476. The molecule has 10 aromatic rings. The minimum Gasteiger partial charge on any atom is -0.497 e. The van der Waals surface area contributed by atoms with Crippen molar-refractivity contribution >= 4 is 66.1 Å². The van der Waals surface area contributed by atoms with Crippen molar-refractivity contribution in [3.63, 3.8) is 0 Å². The highest BCUT2D eigenvalue weighted by molar-refractivity contribution is 7.43. The standard InChI is InChI=1S/C54H38O8P2/c1-56-41-34-35-47(53(36-41)62-64(59-50-32-14-22-39-18-4-8-26-44(39)50)60-51-33-15-23-40-19-5-9-27-45(40)51)54(55)46-28-10-11-29-52(46)61-63(57-48-30-12-20-37-16-2-6-24-42(37)48)58-49-31-13-21-38-17-3-7-25-43(38)49/h2-36H,1H3. The summed E-state index contributed by atoms with van der Waals surface area (Å²) in [6.45, 7) is 0. The lowest BCUT2D eigenvalue weighted by Gasteiger charge is -2.22. The molecule has 0 N–H and O–H groups in total. The molecule has 0 aliphatic rings. The van der Waals surface area contributed by atoms with Gasteiger partial charge in [0.05, 0.1) is 18.2 Å². The Hall–Kier alpha value is -7.63. The van der Waals surface area contributed by atoms with E-state index < -0.39 is 17.2 Å². The lowest BCUT2D eigenvalue weighted by molar-refractivity contribution is 0.103. The fourth-order valence-electron chi connectivity index (χ4n) is 7.47. The Kier molecular flexibility index (Phi) is 11.6. The van der Waals surface area contributed by atoms with Crippen LogP contribution in [0, 0.1) is 0 Å². The number of methoxy groups -OCH3 is 1. The highest BCUT2D eigenvalue weighted by Crippen LogP contribution is 2.49. The first kappa shape index (κ1) is 40.4. The minimum atomic E-state index is -2.25. The Bertz CT molecular complexity index is 3120. The van der Waals surface area contributed by atoms with Crippen LogP contribution in [0.4, 0.5) is 0 Å². The maximum absolute atomic E-state index is 15.0. The zero-order chi connectivity index (χ0) is 43.2.